The van der Waals surface area contributed by atoms with Gasteiger partial charge >= 0.3 is 0 Å². The first-order chi connectivity index (χ1) is 9.65. The lowest BCUT2D eigenvalue weighted by Gasteiger charge is -2.13. The molecular formula is C16H19NO2S. The van der Waals surface area contributed by atoms with E-state index in [9.17, 15) is 0 Å². The van der Waals surface area contributed by atoms with E-state index in [1.165, 1.54) is 11.1 Å². The largest absolute Gasteiger partial charge is 0.493 e. The van der Waals surface area contributed by atoms with Crippen LogP contribution in [0.25, 0.3) is 0 Å². The van der Waals surface area contributed by atoms with E-state index in [-0.39, 0.29) is 0 Å². The van der Waals surface area contributed by atoms with Crippen molar-refractivity contribution in [2.24, 2.45) is 0 Å². The molecule has 0 heterocycles. The van der Waals surface area contributed by atoms with E-state index in [4.69, 9.17) is 15.2 Å². The second-order valence-corrected chi connectivity index (χ2v) is 5.48. The number of thioether (sulfide) groups is 1. The predicted octanol–water partition coefficient (Wildman–Crippen LogP) is 3.89. The van der Waals surface area contributed by atoms with Crippen molar-refractivity contribution in [1.29, 1.82) is 0 Å². The lowest BCUT2D eigenvalue weighted by atomic mass is 10.1. The van der Waals surface area contributed by atoms with Gasteiger partial charge in [0, 0.05) is 16.3 Å². The Morgan fingerprint density at radius 2 is 1.70 bits per heavy atom. The van der Waals surface area contributed by atoms with Crippen LogP contribution in [0, 0.1) is 6.92 Å². The van der Waals surface area contributed by atoms with Gasteiger partial charge in [-0.25, -0.2) is 0 Å². The van der Waals surface area contributed by atoms with Crippen molar-refractivity contribution < 1.29 is 9.47 Å². The minimum atomic E-state index is 0.759. The molecule has 0 amide bonds. The average molecular weight is 289 g/mol. The Morgan fingerprint density at radius 3 is 2.35 bits per heavy atom. The van der Waals surface area contributed by atoms with E-state index in [1.54, 1.807) is 26.0 Å². The molecule has 0 aliphatic rings. The van der Waals surface area contributed by atoms with Gasteiger partial charge in [-0.2, -0.15) is 0 Å². The van der Waals surface area contributed by atoms with Crippen LogP contribution in [0.3, 0.4) is 0 Å². The van der Waals surface area contributed by atoms with Crippen LogP contribution >= 0.6 is 11.8 Å². The van der Waals surface area contributed by atoms with E-state index in [0.717, 1.165) is 27.8 Å². The van der Waals surface area contributed by atoms with E-state index in [2.05, 4.69) is 6.92 Å². The molecule has 0 saturated carbocycles. The van der Waals surface area contributed by atoms with Crippen molar-refractivity contribution in [2.45, 2.75) is 17.6 Å². The van der Waals surface area contributed by atoms with Crippen molar-refractivity contribution in [3.05, 3.63) is 47.5 Å². The lowest BCUT2D eigenvalue weighted by Crippen LogP contribution is -1.95. The minimum absolute atomic E-state index is 0.759. The van der Waals surface area contributed by atoms with Crippen molar-refractivity contribution in [2.75, 3.05) is 20.0 Å². The summed E-state index contributed by atoms with van der Waals surface area (Å²) in [6.07, 6.45) is 0. The second kappa shape index (κ2) is 6.57. The van der Waals surface area contributed by atoms with Crippen molar-refractivity contribution >= 4 is 17.4 Å². The normalized spacial score (nSPS) is 10.3. The van der Waals surface area contributed by atoms with Gasteiger partial charge in [0.1, 0.15) is 0 Å². The molecule has 2 N–H and O–H groups in total. The fourth-order valence-corrected chi connectivity index (χ4v) is 2.98. The quantitative estimate of drug-likeness (QED) is 0.670. The molecule has 20 heavy (non-hydrogen) atoms. The molecule has 0 spiro atoms. The van der Waals surface area contributed by atoms with Gasteiger partial charge in [-0.05, 0) is 42.3 Å². The number of nitrogen functional groups attached to an aromatic ring is 1. The Kier molecular flexibility index (Phi) is 4.79. The molecule has 106 valence electrons. The molecule has 2 aromatic carbocycles. The highest BCUT2D eigenvalue weighted by atomic mass is 32.2. The third-order valence-electron chi connectivity index (χ3n) is 3.14. The fourth-order valence-electron chi connectivity index (χ4n) is 1.95. The molecule has 0 unspecified atom stereocenters. The van der Waals surface area contributed by atoms with Crippen LogP contribution in [0.1, 0.15) is 11.1 Å². The van der Waals surface area contributed by atoms with Crippen molar-refractivity contribution in [1.82, 2.24) is 0 Å². The van der Waals surface area contributed by atoms with Gasteiger partial charge in [-0.1, -0.05) is 12.1 Å². The first kappa shape index (κ1) is 14.6. The van der Waals surface area contributed by atoms with Crippen LogP contribution in [0.4, 0.5) is 5.69 Å². The van der Waals surface area contributed by atoms with Crippen LogP contribution < -0.4 is 15.2 Å². The lowest BCUT2D eigenvalue weighted by molar-refractivity contribution is 0.354. The highest BCUT2D eigenvalue weighted by Crippen LogP contribution is 2.34. The molecule has 2 rings (SSSR count). The number of ether oxygens (including phenoxy) is 2. The fraction of sp³-hybridized carbons (Fsp3) is 0.250. The molecule has 2 aromatic rings. The first-order valence-corrected chi connectivity index (χ1v) is 7.33. The van der Waals surface area contributed by atoms with E-state index >= 15 is 0 Å². The Labute approximate surface area is 124 Å². The van der Waals surface area contributed by atoms with Crippen LogP contribution in [0.5, 0.6) is 11.5 Å². The first-order valence-electron chi connectivity index (χ1n) is 6.34. The third-order valence-corrected chi connectivity index (χ3v) is 4.28. The predicted molar refractivity (Wildman–Crippen MR) is 84.7 cm³/mol. The maximum absolute atomic E-state index is 5.96. The number of nitrogens with two attached hydrogens (primary N) is 1. The number of hydrogen-bond donors (Lipinski definition) is 1. The molecule has 3 nitrogen and oxygen atoms in total. The smallest absolute Gasteiger partial charge is 0.161 e. The second-order valence-electron chi connectivity index (χ2n) is 4.46. The third kappa shape index (κ3) is 3.20. The van der Waals surface area contributed by atoms with Crippen LogP contribution in [-0.2, 0) is 5.75 Å². The van der Waals surface area contributed by atoms with Gasteiger partial charge in [0.15, 0.2) is 11.5 Å². The summed E-state index contributed by atoms with van der Waals surface area (Å²) in [6, 6.07) is 11.9. The molecule has 0 aliphatic carbocycles. The number of rotatable bonds is 5. The summed E-state index contributed by atoms with van der Waals surface area (Å²) in [7, 11) is 3.30. The number of anilines is 1. The topological polar surface area (TPSA) is 44.5 Å². The minimum Gasteiger partial charge on any atom is -0.493 e. The maximum atomic E-state index is 5.96. The number of hydrogen-bond acceptors (Lipinski definition) is 4. The van der Waals surface area contributed by atoms with E-state index < -0.39 is 0 Å². The van der Waals surface area contributed by atoms with Crippen LogP contribution in [0.2, 0.25) is 0 Å². The van der Waals surface area contributed by atoms with Crippen LogP contribution in [0.15, 0.2) is 41.3 Å². The highest BCUT2D eigenvalue weighted by Gasteiger charge is 2.09. The van der Waals surface area contributed by atoms with Gasteiger partial charge in [-0.3, -0.25) is 0 Å². The molecule has 0 aromatic heterocycles. The van der Waals surface area contributed by atoms with Gasteiger partial charge in [0.05, 0.1) is 14.2 Å². The Balaban J connectivity index is 2.19. The molecule has 0 atom stereocenters. The zero-order valence-corrected chi connectivity index (χ0v) is 12.8. The molecule has 0 bridgehead atoms. The summed E-state index contributed by atoms with van der Waals surface area (Å²) in [6.45, 7) is 2.08. The zero-order chi connectivity index (χ0) is 14.5. The van der Waals surface area contributed by atoms with Gasteiger partial charge in [-0.15, -0.1) is 11.8 Å². The summed E-state index contributed by atoms with van der Waals surface area (Å²) >= 11 is 1.73. The van der Waals surface area contributed by atoms with E-state index in [0.29, 0.717) is 0 Å². The molecule has 0 saturated heterocycles. The van der Waals surface area contributed by atoms with Crippen molar-refractivity contribution in [3.8, 4) is 11.5 Å². The van der Waals surface area contributed by atoms with Gasteiger partial charge < -0.3 is 15.2 Å². The Morgan fingerprint density at radius 1 is 1.05 bits per heavy atom. The summed E-state index contributed by atoms with van der Waals surface area (Å²) in [4.78, 5) is 1.10. The van der Waals surface area contributed by atoms with Gasteiger partial charge in [0.25, 0.3) is 0 Å². The number of aryl methyl sites for hydroxylation is 1. The molecular weight excluding hydrogens is 270 g/mol. The van der Waals surface area contributed by atoms with Crippen molar-refractivity contribution in [3.63, 3.8) is 0 Å². The Hall–Kier alpha value is -1.81. The summed E-state index contributed by atoms with van der Waals surface area (Å²) in [5.74, 6) is 2.37. The zero-order valence-electron chi connectivity index (χ0n) is 12.0. The summed E-state index contributed by atoms with van der Waals surface area (Å²) in [5.41, 5.74) is 9.18. The monoisotopic (exact) mass is 289 g/mol. The van der Waals surface area contributed by atoms with Gasteiger partial charge in [0.2, 0.25) is 0 Å². The Bertz CT molecular complexity index is 599. The average Bonchev–Trinajstić information content (AvgIpc) is 2.47. The molecule has 0 aliphatic heterocycles. The standard InChI is InChI=1S/C16H19NO2S/c1-11-8-14(18-2)15(19-3)9-12(11)10-20-16-7-5-4-6-13(16)17/h4-9H,10,17H2,1-3H3. The van der Waals surface area contributed by atoms with E-state index in [1.807, 2.05) is 36.4 Å². The summed E-state index contributed by atoms with van der Waals surface area (Å²) < 4.78 is 10.7. The van der Waals surface area contributed by atoms with Crippen LogP contribution in [-0.4, -0.2) is 14.2 Å². The maximum Gasteiger partial charge on any atom is 0.161 e. The molecule has 0 radical (unpaired) electrons. The SMILES string of the molecule is COc1cc(C)c(CSc2ccccc2N)cc1OC. The molecule has 0 fully saturated rings. The number of methoxy groups -OCH3 is 2. The number of para-hydroxylation sites is 1. The summed E-state index contributed by atoms with van der Waals surface area (Å²) in [5, 5.41) is 0. The molecule has 4 heteroatoms. The highest BCUT2D eigenvalue weighted by molar-refractivity contribution is 7.98. The number of benzene rings is 2.